The summed E-state index contributed by atoms with van der Waals surface area (Å²) in [6.07, 6.45) is 0.726. The Morgan fingerprint density at radius 3 is 2.65 bits per heavy atom. The van der Waals surface area contributed by atoms with Gasteiger partial charge in [-0.3, -0.25) is 9.59 Å². The van der Waals surface area contributed by atoms with Crippen molar-refractivity contribution in [2.45, 2.75) is 32.2 Å². The zero-order chi connectivity index (χ0) is 14.8. The van der Waals surface area contributed by atoms with Crippen LogP contribution in [0.25, 0.3) is 0 Å². The fourth-order valence-electron chi connectivity index (χ4n) is 2.14. The Kier molecular flexibility index (Phi) is 4.59. The maximum atomic E-state index is 11.8. The molecule has 1 aliphatic rings. The molecule has 7 heteroatoms. The molecule has 2 rings (SSSR count). The summed E-state index contributed by atoms with van der Waals surface area (Å²) in [6.45, 7) is 1.93. The van der Waals surface area contributed by atoms with Crippen molar-refractivity contribution in [3.8, 4) is 0 Å². The van der Waals surface area contributed by atoms with E-state index in [-0.39, 0.29) is 42.1 Å². The molecule has 0 aromatic carbocycles. The Labute approximate surface area is 122 Å². The molecule has 1 aromatic heterocycles. The molecule has 0 saturated carbocycles. The lowest BCUT2D eigenvalue weighted by atomic mass is 10.1. The molecule has 1 fully saturated rings. The molecule has 20 heavy (non-hydrogen) atoms. The molecule has 0 bridgehead atoms. The van der Waals surface area contributed by atoms with Crippen LogP contribution in [-0.4, -0.2) is 37.7 Å². The van der Waals surface area contributed by atoms with Crippen LogP contribution in [0.3, 0.4) is 0 Å². The van der Waals surface area contributed by atoms with Crippen LogP contribution in [0.2, 0.25) is 0 Å². The van der Waals surface area contributed by atoms with Crippen LogP contribution in [-0.2, 0) is 14.6 Å². The number of hydrogen-bond donors (Lipinski definition) is 1. The number of amides is 1. The highest BCUT2D eigenvalue weighted by atomic mass is 32.2. The smallest absolute Gasteiger partial charge is 0.220 e. The predicted molar refractivity (Wildman–Crippen MR) is 77.8 cm³/mol. The average Bonchev–Trinajstić information content (AvgIpc) is 2.92. The summed E-state index contributed by atoms with van der Waals surface area (Å²) in [5, 5.41) is 2.68. The van der Waals surface area contributed by atoms with Gasteiger partial charge in [0.1, 0.15) is 0 Å². The van der Waals surface area contributed by atoms with Crippen molar-refractivity contribution in [2.75, 3.05) is 11.5 Å². The molecule has 0 aliphatic carbocycles. The van der Waals surface area contributed by atoms with Gasteiger partial charge in [0, 0.05) is 23.8 Å². The Bertz CT molecular complexity index is 618. The number of aryl methyl sites for hydroxylation is 1. The maximum absolute atomic E-state index is 11.8. The number of ketones is 1. The summed E-state index contributed by atoms with van der Waals surface area (Å²) in [6, 6.07) is 3.34. The van der Waals surface area contributed by atoms with Gasteiger partial charge in [-0.25, -0.2) is 8.42 Å². The second kappa shape index (κ2) is 6.05. The lowest BCUT2D eigenvalue weighted by molar-refractivity contribution is -0.121. The number of rotatable bonds is 5. The van der Waals surface area contributed by atoms with Gasteiger partial charge in [0.15, 0.2) is 15.6 Å². The second-order valence-corrected chi connectivity index (χ2v) is 8.52. The normalized spacial score (nSPS) is 20.8. The lowest BCUT2D eigenvalue weighted by Gasteiger charge is -2.10. The van der Waals surface area contributed by atoms with Crippen molar-refractivity contribution < 1.29 is 18.0 Å². The molecule has 2 heterocycles. The molecule has 1 N–H and O–H groups in total. The van der Waals surface area contributed by atoms with Crippen molar-refractivity contribution in [1.82, 2.24) is 5.32 Å². The third-order valence-electron chi connectivity index (χ3n) is 3.19. The summed E-state index contributed by atoms with van der Waals surface area (Å²) in [7, 11) is -2.99. The first-order valence-electron chi connectivity index (χ1n) is 6.45. The summed E-state index contributed by atoms with van der Waals surface area (Å²) in [4.78, 5) is 25.3. The highest BCUT2D eigenvalue weighted by molar-refractivity contribution is 7.91. The first-order chi connectivity index (χ1) is 9.35. The minimum absolute atomic E-state index is 0.0107. The van der Waals surface area contributed by atoms with Crippen molar-refractivity contribution >= 4 is 32.9 Å². The molecule has 1 amide bonds. The van der Waals surface area contributed by atoms with E-state index in [1.54, 1.807) is 6.07 Å². The average molecular weight is 315 g/mol. The van der Waals surface area contributed by atoms with Crippen molar-refractivity contribution in [2.24, 2.45) is 0 Å². The molecule has 1 aromatic rings. The molecule has 5 nitrogen and oxygen atoms in total. The lowest BCUT2D eigenvalue weighted by Crippen LogP contribution is -2.35. The summed E-state index contributed by atoms with van der Waals surface area (Å²) in [5.41, 5.74) is 0. The first kappa shape index (κ1) is 15.2. The standard InChI is InChI=1S/C13H17NO4S2/c1-9-2-4-12(19-9)11(15)3-5-13(16)14-10-6-7-20(17,18)8-10/h2,4,10H,3,5-8H2,1H3,(H,14,16). The largest absolute Gasteiger partial charge is 0.352 e. The van der Waals surface area contributed by atoms with Crippen molar-refractivity contribution in [1.29, 1.82) is 0 Å². The molecule has 0 spiro atoms. The van der Waals surface area contributed by atoms with E-state index in [1.807, 2.05) is 13.0 Å². The van der Waals surface area contributed by atoms with E-state index in [0.717, 1.165) is 4.88 Å². The monoisotopic (exact) mass is 315 g/mol. The van der Waals surface area contributed by atoms with E-state index in [9.17, 15) is 18.0 Å². The first-order valence-corrected chi connectivity index (χ1v) is 9.09. The van der Waals surface area contributed by atoms with Gasteiger partial charge in [0.2, 0.25) is 5.91 Å². The highest BCUT2D eigenvalue weighted by Crippen LogP contribution is 2.17. The van der Waals surface area contributed by atoms with Crippen molar-refractivity contribution in [3.05, 3.63) is 21.9 Å². The van der Waals surface area contributed by atoms with Crippen LogP contribution < -0.4 is 5.32 Å². The Morgan fingerprint density at radius 2 is 2.10 bits per heavy atom. The topological polar surface area (TPSA) is 80.3 Å². The SMILES string of the molecule is Cc1ccc(C(=O)CCC(=O)NC2CCS(=O)(=O)C2)s1. The van der Waals surface area contributed by atoms with Gasteiger partial charge >= 0.3 is 0 Å². The van der Waals surface area contributed by atoms with Crippen LogP contribution in [0, 0.1) is 6.92 Å². The van der Waals surface area contributed by atoms with E-state index in [0.29, 0.717) is 11.3 Å². The fourth-order valence-corrected chi connectivity index (χ4v) is 4.65. The van der Waals surface area contributed by atoms with E-state index in [4.69, 9.17) is 0 Å². The zero-order valence-corrected chi connectivity index (χ0v) is 12.9. The van der Waals surface area contributed by atoms with Crippen LogP contribution in [0.4, 0.5) is 0 Å². The third-order valence-corrected chi connectivity index (χ3v) is 6.00. The van der Waals surface area contributed by atoms with Crippen molar-refractivity contribution in [3.63, 3.8) is 0 Å². The van der Waals surface area contributed by atoms with E-state index in [1.165, 1.54) is 11.3 Å². The molecule has 0 radical (unpaired) electrons. The number of sulfone groups is 1. The van der Waals surface area contributed by atoms with Gasteiger partial charge in [-0.15, -0.1) is 11.3 Å². The van der Waals surface area contributed by atoms with Gasteiger partial charge in [0.25, 0.3) is 0 Å². The number of thiophene rings is 1. The zero-order valence-electron chi connectivity index (χ0n) is 11.2. The molecule has 110 valence electrons. The van der Waals surface area contributed by atoms with Gasteiger partial charge < -0.3 is 5.32 Å². The molecule has 1 atom stereocenters. The summed E-state index contributed by atoms with van der Waals surface area (Å²) >= 11 is 1.42. The molecule has 1 saturated heterocycles. The quantitative estimate of drug-likeness (QED) is 0.831. The third kappa shape index (κ3) is 4.14. The summed E-state index contributed by atoms with van der Waals surface area (Å²) < 4.78 is 22.5. The number of carbonyl (C=O) groups excluding carboxylic acids is 2. The highest BCUT2D eigenvalue weighted by Gasteiger charge is 2.28. The van der Waals surface area contributed by atoms with Crippen LogP contribution in [0.1, 0.15) is 33.8 Å². The molecule has 1 aliphatic heterocycles. The van der Waals surface area contributed by atoms with Gasteiger partial charge in [-0.1, -0.05) is 0 Å². The number of nitrogens with one attached hydrogen (secondary N) is 1. The predicted octanol–water partition coefficient (Wildman–Crippen LogP) is 1.32. The fraction of sp³-hybridized carbons (Fsp3) is 0.538. The second-order valence-electron chi connectivity index (χ2n) is 5.00. The van der Waals surface area contributed by atoms with Gasteiger partial charge in [-0.2, -0.15) is 0 Å². The minimum atomic E-state index is -2.99. The van der Waals surface area contributed by atoms with E-state index in [2.05, 4.69) is 5.32 Å². The minimum Gasteiger partial charge on any atom is -0.352 e. The van der Waals surface area contributed by atoms with Crippen LogP contribution in [0.15, 0.2) is 12.1 Å². The van der Waals surface area contributed by atoms with Crippen LogP contribution >= 0.6 is 11.3 Å². The number of Topliss-reactive ketones (excluding diaryl/α,β-unsaturated/α-hetero) is 1. The maximum Gasteiger partial charge on any atom is 0.220 e. The molecular weight excluding hydrogens is 298 g/mol. The summed E-state index contributed by atoms with van der Waals surface area (Å²) in [5.74, 6) is -0.159. The number of hydrogen-bond acceptors (Lipinski definition) is 5. The van der Waals surface area contributed by atoms with Crippen LogP contribution in [0.5, 0.6) is 0 Å². The van der Waals surface area contributed by atoms with E-state index >= 15 is 0 Å². The molecule has 1 unspecified atom stereocenters. The Balaban J connectivity index is 1.77. The van der Waals surface area contributed by atoms with Gasteiger partial charge in [0.05, 0.1) is 16.4 Å². The van der Waals surface area contributed by atoms with Gasteiger partial charge in [-0.05, 0) is 25.5 Å². The number of carbonyl (C=O) groups is 2. The Hall–Kier alpha value is -1.21. The molecular formula is C13H17NO4S2. The van der Waals surface area contributed by atoms with E-state index < -0.39 is 9.84 Å². The Morgan fingerprint density at radius 1 is 1.35 bits per heavy atom.